The number of halogens is 1. The Kier molecular flexibility index (Phi) is 18.5. The van der Waals surface area contributed by atoms with Gasteiger partial charge in [0.1, 0.15) is 39.6 Å². The third-order valence-corrected chi connectivity index (χ3v) is 5.64. The number of aliphatic hydroxyl groups is 1. The summed E-state index contributed by atoms with van der Waals surface area (Å²) in [7, 11) is 3.75. The zero-order chi connectivity index (χ0) is 28.6. The molecule has 0 atom stereocenters. The van der Waals surface area contributed by atoms with Crippen LogP contribution in [0.25, 0.3) is 10.4 Å². The third kappa shape index (κ3) is 10.4. The van der Waals surface area contributed by atoms with Crippen LogP contribution < -0.4 is 34.2 Å². The van der Waals surface area contributed by atoms with Gasteiger partial charge >= 0.3 is 0 Å². The van der Waals surface area contributed by atoms with E-state index in [1.807, 2.05) is 54.6 Å². The second kappa shape index (κ2) is 20.9. The zero-order valence-corrected chi connectivity index (χ0v) is 27.3. The van der Waals surface area contributed by atoms with Crippen molar-refractivity contribution >= 4 is 20.8 Å². The molecule has 0 amide bonds. The van der Waals surface area contributed by atoms with Gasteiger partial charge in [0.05, 0.1) is 13.2 Å². The van der Waals surface area contributed by atoms with Crippen molar-refractivity contribution in [3.8, 4) is 34.5 Å². The van der Waals surface area contributed by atoms with E-state index in [4.69, 9.17) is 46.1 Å². The molecule has 11 nitrogen and oxygen atoms in total. The molecule has 3 aromatic rings. The van der Waals surface area contributed by atoms with Crippen molar-refractivity contribution in [1.29, 1.82) is 1.34 Å². The van der Waals surface area contributed by atoms with Gasteiger partial charge in [0, 0.05) is 67.6 Å². The minimum absolute atomic E-state index is 0. The fourth-order valence-electron chi connectivity index (χ4n) is 3.92. The molecule has 0 aromatic heterocycles. The van der Waals surface area contributed by atoms with Crippen molar-refractivity contribution in [2.24, 2.45) is 10.8 Å². The predicted molar refractivity (Wildman–Crippen MR) is 160 cm³/mol. The fraction of sp³-hybridized carbons (Fsp3) is 0.357. The first-order chi connectivity index (χ1) is 19.7. The molecule has 42 heavy (non-hydrogen) atoms. The van der Waals surface area contributed by atoms with E-state index in [0.29, 0.717) is 64.2 Å². The largest absolute Gasteiger partial charge is 0.486 e. The van der Waals surface area contributed by atoms with Crippen LogP contribution in [0.3, 0.4) is 0 Å². The summed E-state index contributed by atoms with van der Waals surface area (Å²) in [5, 5.41) is 12.5. The third-order valence-electron chi connectivity index (χ3n) is 5.64. The normalized spacial score (nSPS) is 12.8. The van der Waals surface area contributed by atoms with Crippen molar-refractivity contribution < 1.29 is 64.6 Å². The van der Waals surface area contributed by atoms with Gasteiger partial charge in [-0.2, -0.15) is 0 Å². The van der Waals surface area contributed by atoms with Gasteiger partial charge in [-0.15, -0.1) is 12.4 Å². The number of benzene rings is 3. The first-order valence-electron chi connectivity index (χ1n) is 12.8. The molecule has 3 aliphatic rings. The Morgan fingerprint density at radius 3 is 1.55 bits per heavy atom. The van der Waals surface area contributed by atoms with E-state index in [1.54, 1.807) is 0 Å². The molecule has 0 bridgehead atoms. The second-order valence-electron chi connectivity index (χ2n) is 8.08. The maximum Gasteiger partial charge on any atom is 0.166 e. The van der Waals surface area contributed by atoms with E-state index in [2.05, 4.69) is 18.4 Å². The summed E-state index contributed by atoms with van der Waals surface area (Å²) in [5.41, 5.74) is 16.4. The van der Waals surface area contributed by atoms with Gasteiger partial charge in [-0.05, 0) is 25.1 Å². The number of hydrogen-bond donors (Lipinski definition) is 2. The Hall–Kier alpha value is -2.90. The van der Waals surface area contributed by atoms with Crippen LogP contribution in [0.1, 0.15) is 24.1 Å². The van der Waals surface area contributed by atoms with Gasteiger partial charge in [-0.1, -0.05) is 48.9 Å². The van der Waals surface area contributed by atoms with Gasteiger partial charge in [0.2, 0.25) is 0 Å². The Morgan fingerprint density at radius 1 is 0.738 bits per heavy atom. The average molecular weight is 826 g/mol. The second-order valence-corrected chi connectivity index (χ2v) is 8.08. The molecule has 0 spiro atoms. The number of ether oxygens (including phenoxy) is 6. The SMILES string of the molecule is C.Cl.NCc1cccc2c1OCCO2.OCc1cccc2c1OCCO2.[2H][B].[N-]=[N+]=NCc1cccc2c1OCCO2.[U]. The molecule has 0 fully saturated rings. The van der Waals surface area contributed by atoms with Crippen molar-refractivity contribution in [1.82, 2.24) is 0 Å². The Labute approximate surface area is 279 Å². The van der Waals surface area contributed by atoms with E-state index >= 15 is 0 Å². The van der Waals surface area contributed by atoms with E-state index in [-0.39, 0.29) is 57.6 Å². The molecule has 6 rings (SSSR count). The van der Waals surface area contributed by atoms with Gasteiger partial charge < -0.3 is 39.3 Å². The summed E-state index contributed by atoms with van der Waals surface area (Å²) in [4.78, 5) is 2.71. The summed E-state index contributed by atoms with van der Waals surface area (Å²) < 4.78 is 37.6. The number of rotatable bonds is 4. The summed E-state index contributed by atoms with van der Waals surface area (Å²) in [5.74, 6) is 4.46. The Balaban J connectivity index is 0.000000580. The quantitative estimate of drug-likeness (QED) is 0.169. The molecular weight excluding hydrogens is 789 g/mol. The van der Waals surface area contributed by atoms with Crippen molar-refractivity contribution in [3.05, 3.63) is 81.7 Å². The first-order valence-corrected chi connectivity index (χ1v) is 12.2. The van der Waals surface area contributed by atoms with Gasteiger partial charge in [0.15, 0.2) is 34.5 Å². The van der Waals surface area contributed by atoms with Crippen LogP contribution >= 0.6 is 12.4 Å². The smallest absolute Gasteiger partial charge is 0.166 e. The van der Waals surface area contributed by atoms with E-state index < -0.39 is 0 Å². The van der Waals surface area contributed by atoms with Crippen molar-refractivity contribution in [2.75, 3.05) is 39.6 Å². The summed E-state index contributed by atoms with van der Waals surface area (Å²) in [6.45, 7) is 4.28. The number of hydrogen-bond acceptors (Lipinski definition) is 9. The molecule has 3 aliphatic heterocycles. The summed E-state index contributed by atoms with van der Waals surface area (Å²) in [6.07, 6.45) is 0. The average Bonchev–Trinajstić information content (AvgIpc) is 3.04. The van der Waals surface area contributed by atoms with Crippen LogP contribution in [-0.4, -0.2) is 54.5 Å². The van der Waals surface area contributed by atoms with Crippen LogP contribution in [0.5, 0.6) is 34.5 Å². The van der Waals surface area contributed by atoms with E-state index in [9.17, 15) is 0 Å². The molecule has 3 aromatic carbocycles. The number of nitrogens with two attached hydrogens (primary N) is 1. The molecule has 14 heteroatoms. The molecule has 0 aliphatic carbocycles. The van der Waals surface area contributed by atoms with E-state index in [0.717, 1.165) is 39.7 Å². The monoisotopic (exact) mass is 825 g/mol. The maximum absolute atomic E-state index is 8.96. The summed E-state index contributed by atoms with van der Waals surface area (Å²) in [6, 6.07) is 16.9. The van der Waals surface area contributed by atoms with Gasteiger partial charge in [-0.25, -0.2) is 0 Å². The molecule has 2 radical (unpaired) electrons. The topological polar surface area (TPSA) is 150 Å². The molecular formula is C28H36BClN4O7U. The minimum Gasteiger partial charge on any atom is -0.486 e. The number of para-hydroxylation sites is 3. The van der Waals surface area contributed by atoms with Crippen LogP contribution in [0, 0.1) is 31.1 Å². The van der Waals surface area contributed by atoms with Crippen molar-refractivity contribution in [3.63, 3.8) is 0 Å². The number of aliphatic hydroxyl groups excluding tert-OH is 1. The molecule has 0 unspecified atom stereocenters. The van der Waals surface area contributed by atoms with Gasteiger partial charge in [-0.3, -0.25) is 0 Å². The minimum atomic E-state index is -0.00741. The Morgan fingerprint density at radius 2 is 1.12 bits per heavy atom. The number of azide groups is 1. The fourth-order valence-corrected chi connectivity index (χ4v) is 3.92. The van der Waals surface area contributed by atoms with Crippen LogP contribution in [-0.2, 0) is 19.7 Å². The van der Waals surface area contributed by atoms with Crippen LogP contribution in [0.2, 0.25) is 0 Å². The standard InChI is InChI=1S/C9H9N3O2.C9H11NO2.C9H10O3.CH4.BH.ClH.U/c10-12-11-6-7-2-1-3-8-9(7)14-5-4-13-8;2*10-6-7-2-1-3-8-9(7)12-5-4-11-8;;;;/h1-3H,4-6H2;1-3H,4-6,10H2;1-3,10H,4-6H2;1H4;2*1H;/i;;;;1D;;. The maximum atomic E-state index is 8.96. The molecule has 224 valence electrons. The zero-order valence-electron chi connectivity index (χ0n) is 23.4. The molecule has 3 heterocycles. The number of fused-ring (bicyclic) bond motifs is 3. The summed E-state index contributed by atoms with van der Waals surface area (Å²) >= 11 is 0. The van der Waals surface area contributed by atoms with Crippen LogP contribution in [0.4, 0.5) is 0 Å². The molecule has 3 N–H and O–H groups in total. The molecule has 0 saturated heterocycles. The van der Waals surface area contributed by atoms with Crippen molar-refractivity contribution in [2.45, 2.75) is 27.1 Å². The predicted octanol–water partition coefficient (Wildman–Crippen LogP) is 4.54. The molecule has 0 saturated carbocycles. The van der Waals surface area contributed by atoms with E-state index in [1.165, 1.54) is 0 Å². The van der Waals surface area contributed by atoms with Crippen LogP contribution in [0.15, 0.2) is 59.7 Å². The van der Waals surface area contributed by atoms with Gasteiger partial charge in [0.25, 0.3) is 0 Å². The first kappa shape index (κ1) is 37.1. The Bertz CT molecular complexity index is 1200. The number of nitrogens with zero attached hydrogens (tertiary/aromatic N) is 3.